The average Bonchev–Trinajstić information content (AvgIpc) is 3.53. The van der Waals surface area contributed by atoms with E-state index in [1.807, 2.05) is 0 Å². The van der Waals surface area contributed by atoms with Gasteiger partial charge in [-0.1, -0.05) is 11.8 Å². The molecule has 1 saturated heterocycles. The number of tetrazole rings is 1. The Balaban J connectivity index is 1.24. The number of furan rings is 1. The minimum Gasteiger partial charge on any atom is -0.477 e. The summed E-state index contributed by atoms with van der Waals surface area (Å²) in [6, 6.07) is -0.912. The summed E-state index contributed by atoms with van der Waals surface area (Å²) in [4.78, 5) is 73.7. The van der Waals surface area contributed by atoms with E-state index in [9.17, 15) is 29.1 Å². The van der Waals surface area contributed by atoms with Crippen molar-refractivity contribution in [3.63, 3.8) is 0 Å². The Kier molecular flexibility index (Phi) is 7.42. The highest BCUT2D eigenvalue weighted by molar-refractivity contribution is 8.01. The smallest absolute Gasteiger partial charge is 0.352 e. The molecular formula is C24H24N10O7S2. The van der Waals surface area contributed by atoms with Crippen molar-refractivity contribution in [2.75, 3.05) is 16.4 Å². The fraction of sp³-hybridized carbons (Fsp3) is 0.375. The summed E-state index contributed by atoms with van der Waals surface area (Å²) in [5, 5.41) is 23.5. The number of primary amides is 1. The van der Waals surface area contributed by atoms with E-state index in [0.29, 0.717) is 16.6 Å². The van der Waals surface area contributed by atoms with Gasteiger partial charge in [-0.2, -0.15) is 0 Å². The lowest BCUT2D eigenvalue weighted by atomic mass is 10.0. The van der Waals surface area contributed by atoms with Crippen LogP contribution in [-0.2, 0) is 21.4 Å². The molecule has 224 valence electrons. The van der Waals surface area contributed by atoms with Crippen LogP contribution >= 0.6 is 23.5 Å². The number of amides is 4. The van der Waals surface area contributed by atoms with Crippen molar-refractivity contribution in [1.82, 2.24) is 40.4 Å². The summed E-state index contributed by atoms with van der Waals surface area (Å²) >= 11 is 2.50. The van der Waals surface area contributed by atoms with E-state index in [2.05, 4.69) is 30.8 Å². The van der Waals surface area contributed by atoms with Gasteiger partial charge in [0.25, 0.3) is 17.4 Å². The topological polar surface area (TPSA) is 236 Å². The number of nitrogens with zero attached hydrogens (tertiary/aromatic N) is 7. The number of H-pyrrole nitrogens is 1. The van der Waals surface area contributed by atoms with Crippen LogP contribution in [-0.4, -0.2) is 86.9 Å². The van der Waals surface area contributed by atoms with Gasteiger partial charge in [-0.05, 0) is 41.0 Å². The number of aliphatic carboxylic acids is 1. The van der Waals surface area contributed by atoms with Crippen molar-refractivity contribution < 1.29 is 28.7 Å². The summed E-state index contributed by atoms with van der Waals surface area (Å²) in [6.07, 6.45) is 4.21. The van der Waals surface area contributed by atoms with Crippen LogP contribution in [0.4, 0.5) is 10.5 Å². The zero-order valence-electron chi connectivity index (χ0n) is 22.4. The first-order valence-electron chi connectivity index (χ1n) is 12.9. The van der Waals surface area contributed by atoms with Gasteiger partial charge in [0.15, 0.2) is 6.04 Å². The third-order valence-corrected chi connectivity index (χ3v) is 9.52. The largest absolute Gasteiger partial charge is 0.477 e. The normalized spacial score (nSPS) is 20.3. The number of carboxylic acids is 1. The predicted octanol–water partition coefficient (Wildman–Crippen LogP) is -0.0789. The average molecular weight is 629 g/mol. The molecule has 17 nitrogen and oxygen atoms in total. The molecule has 43 heavy (non-hydrogen) atoms. The molecule has 3 aromatic rings. The number of hydrogen-bond donors (Lipinski definition) is 4. The van der Waals surface area contributed by atoms with Crippen molar-refractivity contribution in [3.05, 3.63) is 57.8 Å². The Morgan fingerprint density at radius 3 is 2.74 bits per heavy atom. The summed E-state index contributed by atoms with van der Waals surface area (Å²) in [5.41, 5.74) is 5.03. The van der Waals surface area contributed by atoms with Crippen LogP contribution in [0.3, 0.4) is 0 Å². The minimum atomic E-state index is -1.57. The number of nitrogens with one attached hydrogen (secondary N) is 2. The van der Waals surface area contributed by atoms with Gasteiger partial charge in [-0.3, -0.25) is 24.2 Å². The van der Waals surface area contributed by atoms with Crippen LogP contribution in [0.5, 0.6) is 0 Å². The van der Waals surface area contributed by atoms with Crippen molar-refractivity contribution in [3.8, 4) is 0 Å². The van der Waals surface area contributed by atoms with Crippen molar-refractivity contribution in [2.24, 2.45) is 12.8 Å². The van der Waals surface area contributed by atoms with E-state index in [-0.39, 0.29) is 34.6 Å². The van der Waals surface area contributed by atoms with E-state index in [1.54, 1.807) is 7.05 Å². The molecular weight excluding hydrogens is 604 g/mol. The molecule has 19 heteroatoms. The maximum Gasteiger partial charge on any atom is 0.352 e. The maximum atomic E-state index is 13.7. The summed E-state index contributed by atoms with van der Waals surface area (Å²) in [5.74, 6) is -1.73. The van der Waals surface area contributed by atoms with Gasteiger partial charge < -0.3 is 25.6 Å². The predicted molar refractivity (Wildman–Crippen MR) is 150 cm³/mol. The number of hydrogen-bond acceptors (Lipinski definition) is 12. The third kappa shape index (κ3) is 5.24. The number of anilines is 1. The van der Waals surface area contributed by atoms with Gasteiger partial charge in [0.1, 0.15) is 34.4 Å². The highest BCUT2D eigenvalue weighted by Gasteiger charge is 2.55. The summed E-state index contributed by atoms with van der Waals surface area (Å²) in [6.45, 7) is 0. The Bertz CT molecular complexity index is 1700. The zero-order chi connectivity index (χ0) is 30.4. The Labute approximate surface area is 250 Å². The van der Waals surface area contributed by atoms with Crippen LogP contribution in [0.2, 0.25) is 0 Å². The van der Waals surface area contributed by atoms with E-state index in [4.69, 9.17) is 10.2 Å². The van der Waals surface area contributed by atoms with E-state index < -0.39 is 46.8 Å². The van der Waals surface area contributed by atoms with Crippen molar-refractivity contribution in [1.29, 1.82) is 0 Å². The van der Waals surface area contributed by atoms with Crippen LogP contribution in [0.1, 0.15) is 36.4 Å². The monoisotopic (exact) mass is 628 g/mol. The number of β-lactam (4-membered cyclic amide) rings is 1. The molecule has 3 aliphatic rings. The number of aryl methyl sites for hydroxylation is 1. The number of carboxylic acid groups (broad SMARTS) is 1. The molecule has 4 amide bonds. The van der Waals surface area contributed by atoms with Gasteiger partial charge in [-0.25, -0.2) is 19.3 Å². The number of carbonyl (C=O) groups is 4. The number of thioether (sulfide) groups is 2. The lowest BCUT2D eigenvalue weighted by molar-refractivity contribution is -0.150. The second-order valence-corrected chi connectivity index (χ2v) is 12.0. The second-order valence-electron chi connectivity index (χ2n) is 9.91. The second kappa shape index (κ2) is 11.2. The van der Waals surface area contributed by atoms with Gasteiger partial charge in [0.2, 0.25) is 5.16 Å². The number of aromatic amines is 1. The molecule has 0 radical (unpaired) electrons. The number of nitrogens with two attached hydrogens (primary N) is 1. The Morgan fingerprint density at radius 2 is 2.14 bits per heavy atom. The quantitative estimate of drug-likeness (QED) is 0.170. The van der Waals surface area contributed by atoms with Gasteiger partial charge in [-0.15, -0.1) is 16.9 Å². The molecule has 1 saturated carbocycles. The Hall–Kier alpha value is -4.65. The lowest BCUT2D eigenvalue weighted by Crippen LogP contribution is -2.71. The number of fused-ring (bicyclic) bond motifs is 1. The lowest BCUT2D eigenvalue weighted by Gasteiger charge is -2.49. The molecule has 5 heterocycles. The van der Waals surface area contributed by atoms with Crippen LogP contribution < -0.4 is 21.5 Å². The zero-order valence-corrected chi connectivity index (χ0v) is 24.0. The van der Waals surface area contributed by atoms with Crippen LogP contribution in [0, 0.1) is 0 Å². The number of rotatable bonds is 10. The summed E-state index contributed by atoms with van der Waals surface area (Å²) in [7, 11) is 1.65. The molecule has 2 unspecified atom stereocenters. The molecule has 0 aromatic carbocycles. The van der Waals surface area contributed by atoms with E-state index >= 15 is 0 Å². The van der Waals surface area contributed by atoms with Gasteiger partial charge >= 0.3 is 12.0 Å². The highest BCUT2D eigenvalue weighted by atomic mass is 32.2. The Morgan fingerprint density at radius 1 is 1.35 bits per heavy atom. The van der Waals surface area contributed by atoms with E-state index in [0.717, 1.165) is 22.6 Å². The number of carbonyl (C=O) groups excluding carboxylic acids is 3. The maximum absolute atomic E-state index is 13.7. The van der Waals surface area contributed by atoms with Crippen molar-refractivity contribution >= 4 is 53.0 Å². The third-order valence-electron chi connectivity index (χ3n) is 7.08. The fourth-order valence-corrected chi connectivity index (χ4v) is 7.20. The first-order chi connectivity index (χ1) is 20.7. The van der Waals surface area contributed by atoms with Gasteiger partial charge in [0, 0.05) is 24.5 Å². The molecule has 3 aromatic heterocycles. The molecule has 2 fully saturated rings. The van der Waals surface area contributed by atoms with Crippen LogP contribution in [0.25, 0.3) is 0 Å². The highest BCUT2D eigenvalue weighted by Crippen LogP contribution is 2.42. The van der Waals surface area contributed by atoms with Crippen LogP contribution in [0.15, 0.2) is 50.2 Å². The SMILES string of the molecule is Cn1nnnc1SCC1=C(C(=O)O)N2C(=O)C(NC(=O)C(c3ccco3)N(C(N)=O)c3cnc(C4CC4)[nH]c3=O)[C@H]2SC1. The fourth-order valence-electron chi connectivity index (χ4n) is 4.87. The molecule has 2 aliphatic heterocycles. The molecule has 5 N–H and O–H groups in total. The molecule has 3 atom stereocenters. The molecule has 0 spiro atoms. The minimum absolute atomic E-state index is 0.0226. The van der Waals surface area contributed by atoms with Crippen molar-refractivity contribution in [2.45, 2.75) is 41.4 Å². The standard InChI is InChI=1S/C24H24N10O7S2/c1-32-24(29-30-31-32)43-9-11-8-42-21-14(20(37)34(21)15(11)22(38)39)27-19(36)16(13-3-2-6-41-13)33(23(25)40)12-7-26-17(10-4-5-10)28-18(12)35/h2-3,6-7,10,14,16,21H,4-5,8-9H2,1H3,(H2,25,40)(H,27,36)(H,38,39)(H,26,28,35)/t14?,16?,21-/m1/s1. The summed E-state index contributed by atoms with van der Waals surface area (Å²) < 4.78 is 6.88. The number of aromatic nitrogens is 6. The first kappa shape index (κ1) is 28.5. The number of urea groups is 1. The van der Waals surface area contributed by atoms with E-state index in [1.165, 1.54) is 52.8 Å². The molecule has 0 bridgehead atoms. The van der Waals surface area contributed by atoms with Gasteiger partial charge in [0.05, 0.1) is 12.5 Å². The molecule has 1 aliphatic carbocycles. The first-order valence-corrected chi connectivity index (χ1v) is 15.0. The molecule has 6 rings (SSSR count).